The van der Waals surface area contributed by atoms with Crippen LogP contribution < -0.4 is 10.1 Å². The fraction of sp³-hybridized carbons (Fsp3) is 0.500. The number of Topliss-reactive ketones (excluding diaryl/α,β-unsaturated/α-hetero) is 1. The zero-order valence-corrected chi connectivity index (χ0v) is 11.4. The minimum absolute atomic E-state index is 0.0312. The number of para-hydroxylation sites is 1. The zero-order valence-electron chi connectivity index (χ0n) is 11.4. The van der Waals surface area contributed by atoms with E-state index in [2.05, 4.69) is 5.32 Å². The van der Waals surface area contributed by atoms with Gasteiger partial charge in [0.1, 0.15) is 5.75 Å². The highest BCUT2D eigenvalue weighted by molar-refractivity contribution is 6.02. The molecule has 18 heavy (non-hydrogen) atoms. The van der Waals surface area contributed by atoms with Crippen molar-refractivity contribution in [3.05, 3.63) is 29.8 Å². The lowest BCUT2D eigenvalue weighted by atomic mass is 10.00. The van der Waals surface area contributed by atoms with Gasteiger partial charge in [-0.15, -0.1) is 0 Å². The van der Waals surface area contributed by atoms with Crippen LogP contribution in [0.1, 0.15) is 31.1 Å². The van der Waals surface area contributed by atoms with Gasteiger partial charge in [0.25, 0.3) is 0 Å². The molecule has 2 N–H and O–H groups in total. The molecule has 100 valence electrons. The van der Waals surface area contributed by atoms with Crippen molar-refractivity contribution < 1.29 is 14.6 Å². The first-order chi connectivity index (χ1) is 8.41. The Morgan fingerprint density at radius 2 is 2.06 bits per heavy atom. The van der Waals surface area contributed by atoms with Crippen LogP contribution in [0.2, 0.25) is 0 Å². The number of rotatable bonds is 6. The third-order valence-corrected chi connectivity index (χ3v) is 2.77. The van der Waals surface area contributed by atoms with E-state index in [0.717, 1.165) is 0 Å². The second kappa shape index (κ2) is 5.98. The first-order valence-corrected chi connectivity index (χ1v) is 5.97. The van der Waals surface area contributed by atoms with Crippen LogP contribution in [0.5, 0.6) is 5.75 Å². The Labute approximate surface area is 108 Å². The van der Waals surface area contributed by atoms with Gasteiger partial charge in [-0.2, -0.15) is 0 Å². The Bertz CT molecular complexity index is 415. The van der Waals surface area contributed by atoms with E-state index in [0.29, 0.717) is 11.3 Å². The van der Waals surface area contributed by atoms with Gasteiger partial charge in [-0.3, -0.25) is 4.79 Å². The molecular weight excluding hydrogens is 230 g/mol. The second-order valence-corrected chi connectivity index (χ2v) is 4.97. The van der Waals surface area contributed by atoms with E-state index >= 15 is 0 Å². The number of ketones is 1. The molecule has 0 aliphatic carbocycles. The summed E-state index contributed by atoms with van der Waals surface area (Å²) >= 11 is 0. The smallest absolute Gasteiger partial charge is 0.183 e. The van der Waals surface area contributed by atoms with E-state index in [1.807, 2.05) is 19.9 Å². The maximum atomic E-state index is 12.3. The Morgan fingerprint density at radius 1 is 1.44 bits per heavy atom. The molecule has 0 aliphatic heterocycles. The third-order valence-electron chi connectivity index (χ3n) is 2.77. The minimum atomic E-state index is -0.489. The van der Waals surface area contributed by atoms with Crippen molar-refractivity contribution >= 4 is 5.78 Å². The molecule has 0 spiro atoms. The number of aliphatic hydroxyl groups excluding tert-OH is 1. The Hall–Kier alpha value is -1.39. The fourth-order valence-corrected chi connectivity index (χ4v) is 1.78. The summed E-state index contributed by atoms with van der Waals surface area (Å²) in [6.45, 7) is 5.45. The van der Waals surface area contributed by atoms with Gasteiger partial charge in [0, 0.05) is 5.54 Å². The number of carbonyl (C=O) groups excluding carboxylic acids is 1. The van der Waals surface area contributed by atoms with Crippen molar-refractivity contribution in [3.63, 3.8) is 0 Å². The van der Waals surface area contributed by atoms with Gasteiger partial charge in [0.15, 0.2) is 5.78 Å². The van der Waals surface area contributed by atoms with Gasteiger partial charge in [-0.1, -0.05) is 12.1 Å². The van der Waals surface area contributed by atoms with Crippen LogP contribution in [0, 0.1) is 0 Å². The van der Waals surface area contributed by atoms with E-state index in [4.69, 9.17) is 4.74 Å². The number of nitrogens with one attached hydrogen (secondary N) is 1. The van der Waals surface area contributed by atoms with Gasteiger partial charge in [0.05, 0.1) is 25.3 Å². The second-order valence-electron chi connectivity index (χ2n) is 4.97. The SMILES string of the molecule is COc1ccccc1C(=O)C(C)NC(C)(C)CO. The number of hydrogen-bond donors (Lipinski definition) is 2. The molecule has 0 aromatic heterocycles. The zero-order chi connectivity index (χ0) is 13.8. The third kappa shape index (κ3) is 3.55. The maximum Gasteiger partial charge on any atom is 0.183 e. The molecule has 0 saturated carbocycles. The molecule has 0 saturated heterocycles. The average molecular weight is 251 g/mol. The molecule has 4 heteroatoms. The quantitative estimate of drug-likeness (QED) is 0.754. The van der Waals surface area contributed by atoms with Crippen molar-refractivity contribution in [2.24, 2.45) is 0 Å². The van der Waals surface area contributed by atoms with Gasteiger partial charge < -0.3 is 15.2 Å². The van der Waals surface area contributed by atoms with E-state index < -0.39 is 5.54 Å². The minimum Gasteiger partial charge on any atom is -0.496 e. The first-order valence-electron chi connectivity index (χ1n) is 5.97. The van der Waals surface area contributed by atoms with Crippen LogP contribution in [0.4, 0.5) is 0 Å². The lowest BCUT2D eigenvalue weighted by Gasteiger charge is -2.27. The normalized spacial score (nSPS) is 13.2. The highest BCUT2D eigenvalue weighted by atomic mass is 16.5. The van der Waals surface area contributed by atoms with Crippen LogP contribution in [0.15, 0.2) is 24.3 Å². The molecule has 1 rings (SSSR count). The number of ether oxygens (including phenoxy) is 1. The van der Waals surface area contributed by atoms with Crippen LogP contribution >= 0.6 is 0 Å². The van der Waals surface area contributed by atoms with Crippen molar-refractivity contribution in [1.82, 2.24) is 5.32 Å². The maximum absolute atomic E-state index is 12.3. The number of methoxy groups -OCH3 is 1. The summed E-state index contributed by atoms with van der Waals surface area (Å²) in [5.74, 6) is 0.520. The van der Waals surface area contributed by atoms with Crippen LogP contribution in [0.25, 0.3) is 0 Å². The van der Waals surface area contributed by atoms with Gasteiger partial charge in [-0.25, -0.2) is 0 Å². The summed E-state index contributed by atoms with van der Waals surface area (Å²) in [7, 11) is 1.54. The summed E-state index contributed by atoms with van der Waals surface area (Å²) in [5, 5.41) is 12.3. The Kier molecular flexibility index (Phi) is 4.87. The predicted octanol–water partition coefficient (Wildman–Crippen LogP) is 1.63. The van der Waals surface area contributed by atoms with E-state index in [1.165, 1.54) is 0 Å². The van der Waals surface area contributed by atoms with Crippen LogP contribution in [-0.4, -0.2) is 36.2 Å². The highest BCUT2D eigenvalue weighted by Gasteiger charge is 2.25. The molecule has 0 fully saturated rings. The van der Waals surface area contributed by atoms with Crippen molar-refractivity contribution in [2.45, 2.75) is 32.4 Å². The van der Waals surface area contributed by atoms with Crippen molar-refractivity contribution in [2.75, 3.05) is 13.7 Å². The summed E-state index contributed by atoms with van der Waals surface area (Å²) in [6, 6.07) is 6.75. The summed E-state index contributed by atoms with van der Waals surface area (Å²) in [6.07, 6.45) is 0. The van der Waals surface area contributed by atoms with Gasteiger partial charge in [-0.05, 0) is 32.9 Å². The van der Waals surface area contributed by atoms with Gasteiger partial charge >= 0.3 is 0 Å². The molecule has 1 atom stereocenters. The molecule has 0 heterocycles. The lowest BCUT2D eigenvalue weighted by molar-refractivity contribution is 0.0908. The molecule has 4 nitrogen and oxygen atoms in total. The standard InChI is InChI=1S/C14H21NO3/c1-10(15-14(2,3)9-16)13(17)11-7-5-6-8-12(11)18-4/h5-8,10,15-16H,9H2,1-4H3. The average Bonchev–Trinajstić information content (AvgIpc) is 2.37. The van der Waals surface area contributed by atoms with E-state index in [1.54, 1.807) is 32.2 Å². The highest BCUT2D eigenvalue weighted by Crippen LogP contribution is 2.19. The summed E-state index contributed by atoms with van der Waals surface area (Å²) < 4.78 is 5.18. The fourth-order valence-electron chi connectivity index (χ4n) is 1.78. The topological polar surface area (TPSA) is 58.6 Å². The molecule has 1 aromatic carbocycles. The molecule has 1 unspecified atom stereocenters. The van der Waals surface area contributed by atoms with Crippen LogP contribution in [-0.2, 0) is 0 Å². The van der Waals surface area contributed by atoms with E-state index in [9.17, 15) is 9.90 Å². The number of aliphatic hydroxyl groups is 1. The molecule has 0 aliphatic rings. The number of benzene rings is 1. The molecule has 0 amide bonds. The molecule has 1 aromatic rings. The lowest BCUT2D eigenvalue weighted by Crippen LogP contribution is -2.50. The largest absolute Gasteiger partial charge is 0.496 e. The summed E-state index contributed by atoms with van der Waals surface area (Å²) in [4.78, 5) is 12.3. The van der Waals surface area contributed by atoms with Crippen molar-refractivity contribution in [1.29, 1.82) is 0 Å². The van der Waals surface area contributed by atoms with Crippen molar-refractivity contribution in [3.8, 4) is 5.75 Å². The summed E-state index contributed by atoms with van der Waals surface area (Å²) in [5.41, 5.74) is 0.0608. The number of hydrogen-bond acceptors (Lipinski definition) is 4. The van der Waals surface area contributed by atoms with E-state index in [-0.39, 0.29) is 18.4 Å². The van der Waals surface area contributed by atoms with Gasteiger partial charge in [0.2, 0.25) is 0 Å². The Balaban J connectivity index is 2.87. The molecule has 0 bridgehead atoms. The first kappa shape index (κ1) is 14.7. The monoisotopic (exact) mass is 251 g/mol. The Morgan fingerprint density at radius 3 is 2.61 bits per heavy atom. The molecule has 0 radical (unpaired) electrons. The molecular formula is C14H21NO3. The number of carbonyl (C=O) groups is 1. The van der Waals surface area contributed by atoms with Crippen LogP contribution in [0.3, 0.4) is 0 Å². The predicted molar refractivity (Wildman–Crippen MR) is 71.1 cm³/mol.